The Labute approximate surface area is 247 Å². The third kappa shape index (κ3) is 4.73. The van der Waals surface area contributed by atoms with Gasteiger partial charge in [0, 0.05) is 85.0 Å². The molecule has 3 aliphatic rings. The van der Waals surface area contributed by atoms with Crippen molar-refractivity contribution in [2.75, 3.05) is 6.54 Å². The molecular weight excluding hydrogens is 516 g/mol. The van der Waals surface area contributed by atoms with E-state index in [9.17, 15) is 0 Å². The molecule has 5 aromatic rings. The minimum Gasteiger partial charge on any atom is -0.282 e. The summed E-state index contributed by atoms with van der Waals surface area (Å²) >= 11 is 0. The zero-order valence-electron chi connectivity index (χ0n) is 24.6. The summed E-state index contributed by atoms with van der Waals surface area (Å²) < 4.78 is 0. The smallest absolute Gasteiger partial charge is 0.0930 e. The Morgan fingerprint density at radius 2 is 1.19 bits per heavy atom. The zero-order chi connectivity index (χ0) is 29.1. The fraction of sp³-hybridized carbons (Fsp3) is 0.222. The molecule has 0 fully saturated rings. The second-order valence-corrected chi connectivity index (χ2v) is 9.91. The van der Waals surface area contributed by atoms with Gasteiger partial charge in [0.2, 0.25) is 0 Å². The number of fused-ring (bicyclic) bond motifs is 6. The Kier molecular flexibility index (Phi) is 7.78. The highest BCUT2D eigenvalue weighted by molar-refractivity contribution is 6.16. The number of nitrogens with zero attached hydrogens (tertiary/aromatic N) is 6. The van der Waals surface area contributed by atoms with E-state index < -0.39 is 0 Å². The van der Waals surface area contributed by atoms with E-state index in [2.05, 4.69) is 61.3 Å². The lowest BCUT2D eigenvalue weighted by molar-refractivity contribution is 0.976. The Hall–Kier alpha value is -4.84. The third-order valence-electron chi connectivity index (χ3n) is 7.71. The lowest BCUT2D eigenvalue weighted by Crippen LogP contribution is -2.06. The number of dihydropyridines is 1. The monoisotopic (exact) mass is 550 g/mol. The number of rotatable bonds is 3. The highest BCUT2D eigenvalue weighted by Gasteiger charge is 2.28. The van der Waals surface area contributed by atoms with Crippen molar-refractivity contribution in [3.63, 3.8) is 0 Å². The summed E-state index contributed by atoms with van der Waals surface area (Å²) in [5, 5.41) is 0. The molecule has 1 aliphatic heterocycles. The lowest BCUT2D eigenvalue weighted by Gasteiger charge is -2.11. The number of pyridine rings is 5. The van der Waals surface area contributed by atoms with Crippen LogP contribution in [0.5, 0.6) is 0 Å². The van der Waals surface area contributed by atoms with Gasteiger partial charge in [-0.1, -0.05) is 39.8 Å². The van der Waals surface area contributed by atoms with Crippen LogP contribution in [0.15, 0.2) is 96.4 Å². The second kappa shape index (κ2) is 12.0. The quantitative estimate of drug-likeness (QED) is 0.223. The number of aromatic nitrogens is 5. The molecule has 208 valence electrons. The number of allylic oxidation sites excluding steroid dienone is 1. The first-order chi connectivity index (χ1) is 20.8. The zero-order valence-corrected chi connectivity index (χ0v) is 24.6. The van der Waals surface area contributed by atoms with Crippen LogP contribution in [0, 0.1) is 0 Å². The average Bonchev–Trinajstić information content (AvgIpc) is 3.65. The molecule has 0 radical (unpaired) electrons. The molecule has 0 unspecified atom stereocenters. The van der Waals surface area contributed by atoms with Gasteiger partial charge in [0.05, 0.1) is 22.8 Å². The van der Waals surface area contributed by atoms with Gasteiger partial charge >= 0.3 is 0 Å². The van der Waals surface area contributed by atoms with Gasteiger partial charge in [-0.3, -0.25) is 29.9 Å². The van der Waals surface area contributed by atoms with Gasteiger partial charge in [-0.15, -0.1) is 0 Å². The second-order valence-electron chi connectivity index (χ2n) is 9.91. The molecule has 0 bridgehead atoms. The van der Waals surface area contributed by atoms with Crippen molar-refractivity contribution in [3.8, 4) is 44.8 Å². The van der Waals surface area contributed by atoms with Crippen LogP contribution < -0.4 is 0 Å². The average molecular weight is 551 g/mol. The van der Waals surface area contributed by atoms with Crippen LogP contribution in [0.3, 0.4) is 0 Å². The van der Waals surface area contributed by atoms with Gasteiger partial charge in [0.1, 0.15) is 0 Å². The van der Waals surface area contributed by atoms with Crippen molar-refractivity contribution in [2.45, 2.75) is 47.0 Å². The Morgan fingerprint density at radius 3 is 1.88 bits per heavy atom. The normalized spacial score (nSPS) is 13.6. The van der Waals surface area contributed by atoms with E-state index in [1.807, 2.05) is 77.1 Å². The largest absolute Gasteiger partial charge is 0.282 e. The summed E-state index contributed by atoms with van der Waals surface area (Å²) in [6, 6.07) is 12.7. The predicted octanol–water partition coefficient (Wildman–Crippen LogP) is 7.96. The number of hydrogen-bond donors (Lipinski definition) is 0. The molecule has 0 N–H and O–H groups in total. The van der Waals surface area contributed by atoms with Gasteiger partial charge < -0.3 is 0 Å². The molecule has 0 aromatic carbocycles. The lowest BCUT2D eigenvalue weighted by atomic mass is 9.96. The van der Waals surface area contributed by atoms with Gasteiger partial charge in [-0.25, -0.2) is 0 Å². The molecular formula is C36H34N6. The van der Waals surface area contributed by atoms with Crippen molar-refractivity contribution in [2.24, 2.45) is 4.99 Å². The predicted molar refractivity (Wildman–Crippen MR) is 170 cm³/mol. The summed E-state index contributed by atoms with van der Waals surface area (Å²) in [4.78, 5) is 27.9. The topological polar surface area (TPSA) is 76.8 Å². The van der Waals surface area contributed by atoms with Crippen molar-refractivity contribution >= 4 is 5.71 Å². The van der Waals surface area contributed by atoms with Crippen LogP contribution >= 0.6 is 0 Å². The highest BCUT2D eigenvalue weighted by Crippen LogP contribution is 2.40. The molecule has 0 saturated heterocycles. The molecule has 0 amide bonds. The number of hydrogen-bond acceptors (Lipinski definition) is 6. The Balaban J connectivity index is 0.000000759. The fourth-order valence-corrected chi connectivity index (χ4v) is 5.95. The Bertz CT molecular complexity index is 1840. The molecule has 6 heterocycles. The molecule has 5 aromatic heterocycles. The first-order valence-corrected chi connectivity index (χ1v) is 14.9. The molecule has 6 nitrogen and oxygen atoms in total. The van der Waals surface area contributed by atoms with Crippen molar-refractivity contribution in [3.05, 3.63) is 114 Å². The van der Waals surface area contributed by atoms with E-state index in [0.29, 0.717) is 0 Å². The summed E-state index contributed by atoms with van der Waals surface area (Å²) in [5.41, 5.74) is 15.5. The van der Waals surface area contributed by atoms with Crippen molar-refractivity contribution in [1.29, 1.82) is 0 Å². The minimum absolute atomic E-state index is 0.831. The fourth-order valence-electron chi connectivity index (χ4n) is 5.95. The minimum atomic E-state index is 0.831. The summed E-state index contributed by atoms with van der Waals surface area (Å²) in [7, 11) is 0. The van der Waals surface area contributed by atoms with Gasteiger partial charge in [-0.05, 0) is 70.1 Å². The van der Waals surface area contributed by atoms with Crippen LogP contribution in [0.1, 0.15) is 56.5 Å². The van der Waals surface area contributed by atoms with E-state index in [4.69, 9.17) is 4.99 Å². The maximum atomic E-state index is 4.76. The standard InChI is InChI=1S/C32H22N6.2C2H6/c1-3-19-13-27-25(5-9-37-31(27)29(19)35-7-1)23-11-21(15-33-17-23)22-12-24(18-34-16-22)26-6-10-38-32-28(26)14-20-4-2-8-36-30(20)32;2*1-2/h1,3-7,9-12,15-18H,2,8,13-14H2;2*1-2H3. The van der Waals surface area contributed by atoms with E-state index in [1.54, 1.807) is 0 Å². The van der Waals surface area contributed by atoms with Gasteiger partial charge in [-0.2, -0.15) is 0 Å². The maximum absolute atomic E-state index is 4.76. The SMILES string of the molecule is C1=C2Cc3c(-c4cncc(-c5cncc(-c6ccnc7c6Cc6cccnc6-7)c5)c4)ccnc3C2=NCC1.CC.CC. The van der Waals surface area contributed by atoms with Crippen molar-refractivity contribution in [1.82, 2.24) is 24.9 Å². The van der Waals surface area contributed by atoms with E-state index in [0.717, 1.165) is 76.4 Å². The summed E-state index contributed by atoms with van der Waals surface area (Å²) in [6.07, 6.45) is 18.3. The summed E-state index contributed by atoms with van der Waals surface area (Å²) in [5.74, 6) is 0. The number of aliphatic imine (C=N–C) groups is 1. The van der Waals surface area contributed by atoms with E-state index in [1.165, 1.54) is 27.8 Å². The Morgan fingerprint density at radius 1 is 0.595 bits per heavy atom. The highest BCUT2D eigenvalue weighted by atomic mass is 14.8. The van der Waals surface area contributed by atoms with Gasteiger partial charge in [0.15, 0.2) is 0 Å². The van der Waals surface area contributed by atoms with Crippen LogP contribution in [0.4, 0.5) is 0 Å². The molecule has 42 heavy (non-hydrogen) atoms. The molecule has 6 heteroatoms. The van der Waals surface area contributed by atoms with Crippen LogP contribution in [-0.4, -0.2) is 37.2 Å². The molecule has 0 atom stereocenters. The first kappa shape index (κ1) is 27.3. The van der Waals surface area contributed by atoms with E-state index >= 15 is 0 Å². The van der Waals surface area contributed by atoms with E-state index in [-0.39, 0.29) is 0 Å². The van der Waals surface area contributed by atoms with Crippen LogP contribution in [0.2, 0.25) is 0 Å². The molecule has 2 aliphatic carbocycles. The summed E-state index contributed by atoms with van der Waals surface area (Å²) in [6.45, 7) is 8.84. The molecule has 8 rings (SSSR count). The first-order valence-electron chi connectivity index (χ1n) is 14.9. The van der Waals surface area contributed by atoms with Gasteiger partial charge in [0.25, 0.3) is 0 Å². The third-order valence-corrected chi connectivity index (χ3v) is 7.71. The van der Waals surface area contributed by atoms with Crippen LogP contribution in [0.25, 0.3) is 44.8 Å². The molecule has 0 spiro atoms. The van der Waals surface area contributed by atoms with Crippen molar-refractivity contribution < 1.29 is 0 Å². The van der Waals surface area contributed by atoms with Crippen LogP contribution in [-0.2, 0) is 12.8 Å². The maximum Gasteiger partial charge on any atom is 0.0930 e. The molecule has 0 saturated carbocycles.